The molecular formula is C15H13ClN2O4S2. The molecule has 9 heteroatoms. The van der Waals surface area contributed by atoms with E-state index in [1.807, 2.05) is 0 Å². The van der Waals surface area contributed by atoms with Crippen molar-refractivity contribution in [2.45, 2.75) is 4.90 Å². The normalized spacial score (nSPS) is 13.1. The van der Waals surface area contributed by atoms with Gasteiger partial charge in [0, 0.05) is 17.1 Å². The first-order chi connectivity index (χ1) is 11.4. The zero-order valence-corrected chi connectivity index (χ0v) is 14.6. The van der Waals surface area contributed by atoms with Gasteiger partial charge in [-0.2, -0.15) is 0 Å². The number of sulfonamides is 1. The van der Waals surface area contributed by atoms with Gasteiger partial charge in [-0.3, -0.25) is 4.31 Å². The summed E-state index contributed by atoms with van der Waals surface area (Å²) in [4.78, 5) is 2.96. The number of hydrogen-bond acceptors (Lipinski definition) is 3. The maximum Gasteiger partial charge on any atom is 0.265 e. The number of rotatable bonds is 5. The first-order valence-corrected chi connectivity index (χ1v) is 9.91. The molecule has 0 aliphatic rings. The Morgan fingerprint density at radius 1 is 1.12 bits per heavy atom. The van der Waals surface area contributed by atoms with Gasteiger partial charge in [-0.1, -0.05) is 35.9 Å². The fraction of sp³-hybridized carbons (Fsp3) is 0.0667. The third-order valence-electron chi connectivity index (χ3n) is 3.46. The second kappa shape index (κ2) is 6.56. The smallest absolute Gasteiger partial charge is 0.265 e. The van der Waals surface area contributed by atoms with E-state index in [2.05, 4.69) is 4.98 Å². The summed E-state index contributed by atoms with van der Waals surface area (Å²) in [5.41, 5.74) is 0.875. The number of anilines is 1. The van der Waals surface area contributed by atoms with Crippen LogP contribution in [-0.4, -0.2) is 28.0 Å². The Morgan fingerprint density at radius 3 is 2.50 bits per heavy atom. The van der Waals surface area contributed by atoms with E-state index < -0.39 is 27.0 Å². The van der Waals surface area contributed by atoms with Gasteiger partial charge in [-0.05, 0) is 24.3 Å². The number of benzene rings is 2. The van der Waals surface area contributed by atoms with Crippen molar-refractivity contribution in [3.8, 4) is 0 Å². The van der Waals surface area contributed by atoms with Gasteiger partial charge in [0.1, 0.15) is 5.88 Å². The molecule has 0 saturated carbocycles. The molecule has 0 aliphatic carbocycles. The predicted molar refractivity (Wildman–Crippen MR) is 95.1 cm³/mol. The summed E-state index contributed by atoms with van der Waals surface area (Å²) < 4.78 is 47.5. The number of aromatic nitrogens is 1. The molecule has 0 aliphatic heterocycles. The minimum Gasteiger partial charge on any atom is -0.360 e. The van der Waals surface area contributed by atoms with Crippen LogP contribution in [0.1, 0.15) is 0 Å². The molecule has 1 unspecified atom stereocenters. The molecule has 0 amide bonds. The quantitative estimate of drug-likeness (QED) is 0.661. The van der Waals surface area contributed by atoms with E-state index in [-0.39, 0.29) is 10.6 Å². The van der Waals surface area contributed by atoms with Crippen LogP contribution in [0.15, 0.2) is 59.6 Å². The number of fused-ring (bicyclic) bond motifs is 1. The van der Waals surface area contributed by atoms with Crippen LogP contribution < -0.4 is 4.31 Å². The molecule has 0 saturated heterocycles. The number of nitrogens with one attached hydrogen (secondary N) is 1. The topological polar surface area (TPSA) is 90.5 Å². The minimum atomic E-state index is -4.03. The molecule has 1 atom stereocenters. The average Bonchev–Trinajstić information content (AvgIpc) is 2.95. The van der Waals surface area contributed by atoms with E-state index in [0.717, 1.165) is 4.31 Å². The van der Waals surface area contributed by atoms with Crippen molar-refractivity contribution in [1.29, 1.82) is 0 Å². The monoisotopic (exact) mass is 384 g/mol. The molecule has 3 rings (SSSR count). The van der Waals surface area contributed by atoms with E-state index in [1.54, 1.807) is 42.6 Å². The van der Waals surface area contributed by atoms with Crippen LogP contribution in [0.5, 0.6) is 0 Å². The summed E-state index contributed by atoms with van der Waals surface area (Å²) >= 11 is 3.80. The molecule has 2 N–H and O–H groups in total. The lowest BCUT2D eigenvalue weighted by molar-refractivity contribution is 0.561. The first-order valence-electron chi connectivity index (χ1n) is 6.82. The maximum absolute atomic E-state index is 13.0. The molecule has 0 spiro atoms. The number of aromatic amines is 1. The molecule has 0 fully saturated rings. The molecule has 6 nitrogen and oxygen atoms in total. The lowest BCUT2D eigenvalue weighted by atomic mass is 10.2. The molecule has 1 aromatic heterocycles. The third kappa shape index (κ3) is 3.05. The maximum atomic E-state index is 13.0. The molecule has 1 heterocycles. The van der Waals surface area contributed by atoms with Gasteiger partial charge in [-0.15, -0.1) is 0 Å². The fourth-order valence-electron chi connectivity index (χ4n) is 2.42. The molecule has 126 valence electrons. The summed E-state index contributed by atoms with van der Waals surface area (Å²) in [6.45, 7) is 0. The summed E-state index contributed by atoms with van der Waals surface area (Å²) in [7, 11) is -4.03. The Hall–Kier alpha value is -1.87. The van der Waals surface area contributed by atoms with Crippen LogP contribution >= 0.6 is 11.6 Å². The van der Waals surface area contributed by atoms with Crippen molar-refractivity contribution in [1.82, 2.24) is 4.98 Å². The van der Waals surface area contributed by atoms with Crippen molar-refractivity contribution >= 4 is 49.3 Å². The van der Waals surface area contributed by atoms with E-state index in [9.17, 15) is 17.2 Å². The standard InChI is InChI=1S/C15H13ClN2O4S2/c16-12-9-17-13-7-4-8-14(15(12)13)18(10-23(19)20)24(21,22)11-5-2-1-3-6-11/h1-9,17H,10H2,(H,19,20). The van der Waals surface area contributed by atoms with Crippen LogP contribution in [0.2, 0.25) is 5.02 Å². The fourth-order valence-corrected chi connectivity index (χ4v) is 5.01. The van der Waals surface area contributed by atoms with E-state index >= 15 is 0 Å². The number of H-pyrrole nitrogens is 1. The number of nitrogens with zero attached hydrogens (tertiary/aromatic N) is 1. The lowest BCUT2D eigenvalue weighted by Gasteiger charge is -2.23. The highest BCUT2D eigenvalue weighted by Crippen LogP contribution is 2.35. The van der Waals surface area contributed by atoms with Gasteiger partial charge in [0.15, 0.2) is 11.1 Å². The Balaban J connectivity index is 2.24. The van der Waals surface area contributed by atoms with Crippen LogP contribution in [0.3, 0.4) is 0 Å². The van der Waals surface area contributed by atoms with Crippen molar-refractivity contribution in [2.24, 2.45) is 0 Å². The van der Waals surface area contributed by atoms with E-state index in [0.29, 0.717) is 15.9 Å². The Morgan fingerprint density at radius 2 is 1.83 bits per heavy atom. The number of halogens is 1. The van der Waals surface area contributed by atoms with E-state index in [1.165, 1.54) is 12.1 Å². The summed E-state index contributed by atoms with van der Waals surface area (Å²) in [6, 6.07) is 12.7. The van der Waals surface area contributed by atoms with E-state index in [4.69, 9.17) is 11.6 Å². The highest BCUT2D eigenvalue weighted by molar-refractivity contribution is 7.94. The van der Waals surface area contributed by atoms with Gasteiger partial charge in [0.25, 0.3) is 10.0 Å². The van der Waals surface area contributed by atoms with Crippen molar-refractivity contribution < 1.29 is 17.2 Å². The second-order valence-corrected chi connectivity index (χ2v) is 8.12. The molecule has 0 radical (unpaired) electrons. The van der Waals surface area contributed by atoms with Crippen molar-refractivity contribution in [3.05, 3.63) is 59.8 Å². The average molecular weight is 385 g/mol. The van der Waals surface area contributed by atoms with Crippen LogP contribution in [0.25, 0.3) is 10.9 Å². The van der Waals surface area contributed by atoms with Gasteiger partial charge in [-0.25, -0.2) is 12.6 Å². The Labute approximate surface area is 146 Å². The third-order valence-corrected chi connectivity index (χ3v) is 6.18. The molecule has 24 heavy (non-hydrogen) atoms. The largest absolute Gasteiger partial charge is 0.360 e. The van der Waals surface area contributed by atoms with Gasteiger partial charge in [0.2, 0.25) is 0 Å². The highest BCUT2D eigenvalue weighted by Gasteiger charge is 2.28. The van der Waals surface area contributed by atoms with Crippen LogP contribution in [0.4, 0.5) is 5.69 Å². The minimum absolute atomic E-state index is 0.0270. The summed E-state index contributed by atoms with van der Waals surface area (Å²) in [6.07, 6.45) is 1.54. The first kappa shape index (κ1) is 17.0. The SMILES string of the molecule is O=S(O)CN(c1cccc2[nH]cc(Cl)c12)S(=O)(=O)c1ccccc1. The zero-order valence-electron chi connectivity index (χ0n) is 12.2. The summed E-state index contributed by atoms with van der Waals surface area (Å²) in [5, 5.41) is 0.807. The van der Waals surface area contributed by atoms with Gasteiger partial charge in [0.05, 0.1) is 15.6 Å². The molecule has 2 aromatic carbocycles. The van der Waals surface area contributed by atoms with Gasteiger partial charge < -0.3 is 9.54 Å². The second-order valence-electron chi connectivity index (χ2n) is 4.95. The Kier molecular flexibility index (Phi) is 4.64. The Bertz CT molecular complexity index is 1000. The van der Waals surface area contributed by atoms with Crippen molar-refractivity contribution in [2.75, 3.05) is 10.2 Å². The molecule has 3 aromatic rings. The number of hydrogen-bond donors (Lipinski definition) is 2. The van der Waals surface area contributed by atoms with Gasteiger partial charge >= 0.3 is 0 Å². The lowest BCUT2D eigenvalue weighted by Crippen LogP contribution is -2.34. The molecular weight excluding hydrogens is 372 g/mol. The zero-order chi connectivity index (χ0) is 17.3. The van der Waals surface area contributed by atoms with Crippen LogP contribution in [-0.2, 0) is 21.1 Å². The molecule has 0 bridgehead atoms. The summed E-state index contributed by atoms with van der Waals surface area (Å²) in [5.74, 6) is -0.599. The highest BCUT2D eigenvalue weighted by atomic mass is 35.5. The van der Waals surface area contributed by atoms with Crippen molar-refractivity contribution in [3.63, 3.8) is 0 Å². The predicted octanol–water partition coefficient (Wildman–Crippen LogP) is 3.20. The van der Waals surface area contributed by atoms with Crippen LogP contribution in [0, 0.1) is 0 Å².